The predicted octanol–water partition coefficient (Wildman–Crippen LogP) is 2.83. The van der Waals surface area contributed by atoms with Crippen LogP contribution in [0.4, 0.5) is 0 Å². The molecule has 1 N–H and O–H groups in total. The van der Waals surface area contributed by atoms with Crippen LogP contribution < -0.4 is 10.9 Å². The molecule has 6 nitrogen and oxygen atoms in total. The summed E-state index contributed by atoms with van der Waals surface area (Å²) in [5.41, 5.74) is 1.62. The van der Waals surface area contributed by atoms with Gasteiger partial charge in [0.2, 0.25) is 5.91 Å². The van der Waals surface area contributed by atoms with Crippen LogP contribution in [0.5, 0.6) is 0 Å². The third-order valence-corrected chi connectivity index (χ3v) is 5.33. The molecule has 1 aromatic carbocycles. The minimum Gasteiger partial charge on any atom is -0.352 e. The van der Waals surface area contributed by atoms with Crippen molar-refractivity contribution in [2.45, 2.75) is 51.1 Å². The van der Waals surface area contributed by atoms with Crippen molar-refractivity contribution in [1.29, 1.82) is 0 Å². The molecule has 1 saturated carbocycles. The first-order valence-electron chi connectivity index (χ1n) is 9.88. The molecule has 1 fully saturated rings. The van der Waals surface area contributed by atoms with Crippen molar-refractivity contribution in [3.8, 4) is 0 Å². The SMILES string of the molecule is O=C(Cn1nc(Cc2ccncc2)c2ccccc2c1=O)NC1CCCCC1. The Hall–Kier alpha value is -3.02. The number of aromatic nitrogens is 3. The lowest BCUT2D eigenvalue weighted by Gasteiger charge is -2.22. The van der Waals surface area contributed by atoms with E-state index in [1.807, 2.05) is 30.3 Å². The van der Waals surface area contributed by atoms with E-state index < -0.39 is 0 Å². The second-order valence-corrected chi connectivity index (χ2v) is 7.39. The predicted molar refractivity (Wildman–Crippen MR) is 108 cm³/mol. The summed E-state index contributed by atoms with van der Waals surface area (Å²) in [4.78, 5) is 29.4. The number of carbonyl (C=O) groups excluding carboxylic acids is 1. The first kappa shape index (κ1) is 18.3. The fourth-order valence-electron chi connectivity index (χ4n) is 3.89. The van der Waals surface area contributed by atoms with Crippen molar-refractivity contribution in [1.82, 2.24) is 20.1 Å². The Morgan fingerprint density at radius 3 is 2.50 bits per heavy atom. The van der Waals surface area contributed by atoms with Gasteiger partial charge in [0.25, 0.3) is 5.56 Å². The summed E-state index contributed by atoms with van der Waals surface area (Å²) in [6.07, 6.45) is 9.61. The van der Waals surface area contributed by atoms with Crippen molar-refractivity contribution in [2.75, 3.05) is 0 Å². The number of hydrogen-bond acceptors (Lipinski definition) is 4. The Kier molecular flexibility index (Phi) is 5.46. The molecule has 3 aromatic rings. The number of nitrogens with zero attached hydrogens (tertiary/aromatic N) is 3. The number of rotatable bonds is 5. The highest BCUT2D eigenvalue weighted by molar-refractivity contribution is 5.84. The van der Waals surface area contributed by atoms with Gasteiger partial charge in [0.05, 0.1) is 11.1 Å². The third kappa shape index (κ3) is 4.11. The van der Waals surface area contributed by atoms with Gasteiger partial charge in [-0.25, -0.2) is 4.68 Å². The molecule has 0 bridgehead atoms. The molecular formula is C22H24N4O2. The van der Waals surface area contributed by atoms with Gasteiger partial charge in [0.1, 0.15) is 6.54 Å². The Morgan fingerprint density at radius 1 is 1.04 bits per heavy atom. The summed E-state index contributed by atoms with van der Waals surface area (Å²) in [5.74, 6) is -0.147. The summed E-state index contributed by atoms with van der Waals surface area (Å²) in [6, 6.07) is 11.5. The number of nitrogens with one attached hydrogen (secondary N) is 1. The van der Waals surface area contributed by atoms with Crippen LogP contribution in [0.2, 0.25) is 0 Å². The molecule has 1 aliphatic carbocycles. The summed E-state index contributed by atoms with van der Waals surface area (Å²) in [7, 11) is 0. The summed E-state index contributed by atoms with van der Waals surface area (Å²) in [6.45, 7) is -0.0521. The first-order chi connectivity index (χ1) is 13.7. The highest BCUT2D eigenvalue weighted by Gasteiger charge is 2.18. The van der Waals surface area contributed by atoms with E-state index in [9.17, 15) is 9.59 Å². The Balaban J connectivity index is 1.63. The normalized spacial score (nSPS) is 14.9. The Bertz CT molecular complexity index is 1020. The smallest absolute Gasteiger partial charge is 0.275 e. The molecule has 2 aromatic heterocycles. The van der Waals surface area contributed by atoms with Crippen molar-refractivity contribution in [3.63, 3.8) is 0 Å². The van der Waals surface area contributed by atoms with Crippen LogP contribution in [0.3, 0.4) is 0 Å². The molecule has 0 spiro atoms. The van der Waals surface area contributed by atoms with Crippen molar-refractivity contribution < 1.29 is 4.79 Å². The van der Waals surface area contributed by atoms with Gasteiger partial charge in [-0.3, -0.25) is 14.6 Å². The molecule has 0 radical (unpaired) electrons. The van der Waals surface area contributed by atoms with Crippen LogP contribution in [0.25, 0.3) is 10.8 Å². The van der Waals surface area contributed by atoms with Gasteiger partial charge in [-0.05, 0) is 36.6 Å². The fourth-order valence-corrected chi connectivity index (χ4v) is 3.89. The average Bonchev–Trinajstić information content (AvgIpc) is 2.73. The average molecular weight is 376 g/mol. The molecule has 0 aliphatic heterocycles. The molecule has 1 amide bonds. The van der Waals surface area contributed by atoms with Gasteiger partial charge in [0, 0.05) is 30.2 Å². The molecule has 4 rings (SSSR count). The maximum atomic E-state index is 12.9. The van der Waals surface area contributed by atoms with Gasteiger partial charge < -0.3 is 5.32 Å². The van der Waals surface area contributed by atoms with E-state index >= 15 is 0 Å². The largest absolute Gasteiger partial charge is 0.352 e. The van der Waals surface area contributed by atoms with Gasteiger partial charge in [-0.1, -0.05) is 37.5 Å². The maximum Gasteiger partial charge on any atom is 0.275 e. The first-order valence-corrected chi connectivity index (χ1v) is 9.88. The molecule has 0 saturated heterocycles. The highest BCUT2D eigenvalue weighted by Crippen LogP contribution is 2.18. The molecular weight excluding hydrogens is 352 g/mol. The van der Waals surface area contributed by atoms with Crippen LogP contribution in [-0.4, -0.2) is 26.7 Å². The number of hydrogen-bond donors (Lipinski definition) is 1. The Labute approximate surface area is 163 Å². The molecule has 0 atom stereocenters. The number of amides is 1. The van der Waals surface area contributed by atoms with Crippen LogP contribution in [0, 0.1) is 0 Å². The second kappa shape index (κ2) is 8.33. The van der Waals surface area contributed by atoms with Gasteiger partial charge in [-0.2, -0.15) is 5.10 Å². The van der Waals surface area contributed by atoms with Gasteiger partial charge in [0.15, 0.2) is 0 Å². The lowest BCUT2D eigenvalue weighted by molar-refractivity contribution is -0.122. The molecule has 6 heteroatoms. The number of pyridine rings is 1. The number of benzene rings is 1. The molecule has 1 aliphatic rings. The summed E-state index contributed by atoms with van der Waals surface area (Å²) < 4.78 is 1.30. The molecule has 144 valence electrons. The standard InChI is InChI=1S/C22H24N4O2/c27-21(24-17-6-2-1-3-7-17)15-26-22(28)19-9-5-4-8-18(19)20(25-26)14-16-10-12-23-13-11-16/h4-5,8-13,17H,1-3,6-7,14-15H2,(H,24,27). The van der Waals surface area contributed by atoms with Crippen LogP contribution in [0.15, 0.2) is 53.6 Å². The maximum absolute atomic E-state index is 12.9. The van der Waals surface area contributed by atoms with Crippen LogP contribution in [-0.2, 0) is 17.8 Å². The van der Waals surface area contributed by atoms with E-state index in [1.165, 1.54) is 11.1 Å². The quantitative estimate of drug-likeness (QED) is 0.743. The van der Waals surface area contributed by atoms with E-state index in [4.69, 9.17) is 0 Å². The zero-order valence-electron chi connectivity index (χ0n) is 15.8. The van der Waals surface area contributed by atoms with Crippen molar-refractivity contribution in [2.24, 2.45) is 0 Å². The van der Waals surface area contributed by atoms with E-state index in [0.717, 1.165) is 42.3 Å². The van der Waals surface area contributed by atoms with E-state index in [2.05, 4.69) is 15.4 Å². The van der Waals surface area contributed by atoms with E-state index in [-0.39, 0.29) is 24.1 Å². The molecule has 2 heterocycles. The van der Waals surface area contributed by atoms with Crippen molar-refractivity contribution >= 4 is 16.7 Å². The summed E-state index contributed by atoms with van der Waals surface area (Å²) >= 11 is 0. The van der Waals surface area contributed by atoms with E-state index in [0.29, 0.717) is 11.8 Å². The highest BCUT2D eigenvalue weighted by atomic mass is 16.2. The Morgan fingerprint density at radius 2 is 1.75 bits per heavy atom. The summed E-state index contributed by atoms with van der Waals surface area (Å²) in [5, 5.41) is 9.03. The monoisotopic (exact) mass is 376 g/mol. The molecule has 0 unspecified atom stereocenters. The molecule has 28 heavy (non-hydrogen) atoms. The van der Waals surface area contributed by atoms with Gasteiger partial charge in [-0.15, -0.1) is 0 Å². The zero-order chi connectivity index (χ0) is 19.3. The van der Waals surface area contributed by atoms with Crippen molar-refractivity contribution in [3.05, 3.63) is 70.4 Å². The third-order valence-electron chi connectivity index (χ3n) is 5.33. The minimum atomic E-state index is -0.229. The lowest BCUT2D eigenvalue weighted by atomic mass is 9.95. The second-order valence-electron chi connectivity index (χ2n) is 7.39. The fraction of sp³-hybridized carbons (Fsp3) is 0.364. The number of carbonyl (C=O) groups is 1. The topological polar surface area (TPSA) is 76.9 Å². The minimum absolute atomic E-state index is 0.0521. The number of fused-ring (bicyclic) bond motifs is 1. The van der Waals surface area contributed by atoms with Crippen LogP contribution >= 0.6 is 0 Å². The lowest BCUT2D eigenvalue weighted by Crippen LogP contribution is -2.40. The van der Waals surface area contributed by atoms with E-state index in [1.54, 1.807) is 18.5 Å². The van der Waals surface area contributed by atoms with Crippen LogP contribution in [0.1, 0.15) is 43.4 Å². The zero-order valence-corrected chi connectivity index (χ0v) is 15.8. The van der Waals surface area contributed by atoms with Gasteiger partial charge >= 0.3 is 0 Å².